The summed E-state index contributed by atoms with van der Waals surface area (Å²) in [5.41, 5.74) is 0.644. The summed E-state index contributed by atoms with van der Waals surface area (Å²) in [5, 5.41) is 0. The molecule has 0 spiro atoms. The third-order valence-electron chi connectivity index (χ3n) is 5.90. The molecule has 0 bridgehead atoms. The zero-order valence-electron chi connectivity index (χ0n) is 18.6. The highest BCUT2D eigenvalue weighted by Gasteiger charge is 2.40. The largest absolute Gasteiger partial charge is 0.452 e. The Morgan fingerprint density at radius 1 is 0.969 bits per heavy atom. The van der Waals surface area contributed by atoms with Crippen LogP contribution in [0.3, 0.4) is 0 Å². The summed E-state index contributed by atoms with van der Waals surface area (Å²) in [6, 6.07) is 4.24. The van der Waals surface area contributed by atoms with Crippen LogP contribution in [-0.2, 0) is 19.0 Å². The molecule has 1 heterocycles. The number of carbonyl (C=O) groups excluding carboxylic acids is 4. The van der Waals surface area contributed by atoms with Crippen molar-refractivity contribution in [2.24, 2.45) is 0 Å². The van der Waals surface area contributed by atoms with Gasteiger partial charge in [0.2, 0.25) is 0 Å². The first-order valence-corrected chi connectivity index (χ1v) is 10.9. The van der Waals surface area contributed by atoms with Crippen LogP contribution in [0.4, 0.5) is 0 Å². The normalized spacial score (nSPS) is 16.2. The highest BCUT2D eigenvalue weighted by atomic mass is 16.5. The van der Waals surface area contributed by atoms with Gasteiger partial charge in [-0.15, -0.1) is 0 Å². The molecule has 174 valence electrons. The van der Waals surface area contributed by atoms with Gasteiger partial charge in [0.05, 0.1) is 29.9 Å². The van der Waals surface area contributed by atoms with E-state index in [1.807, 2.05) is 0 Å². The van der Waals surface area contributed by atoms with Crippen LogP contribution in [0.5, 0.6) is 0 Å². The second-order valence-corrected chi connectivity index (χ2v) is 7.98. The van der Waals surface area contributed by atoms with Gasteiger partial charge in [0.1, 0.15) is 0 Å². The molecule has 3 amide bonds. The highest BCUT2D eigenvalue weighted by molar-refractivity contribution is 6.22. The molecule has 1 aliphatic carbocycles. The lowest BCUT2D eigenvalue weighted by atomic mass is 9.94. The van der Waals surface area contributed by atoms with E-state index in [1.54, 1.807) is 0 Å². The van der Waals surface area contributed by atoms with E-state index in [-0.39, 0.29) is 34.9 Å². The second-order valence-electron chi connectivity index (χ2n) is 7.98. The minimum Gasteiger partial charge on any atom is -0.452 e. The van der Waals surface area contributed by atoms with Crippen molar-refractivity contribution in [3.63, 3.8) is 0 Å². The lowest BCUT2D eigenvalue weighted by Gasteiger charge is -2.29. The van der Waals surface area contributed by atoms with Crippen LogP contribution in [-0.4, -0.2) is 86.7 Å². The molecular formula is C23H30N2O7. The van der Waals surface area contributed by atoms with Gasteiger partial charge >= 0.3 is 5.97 Å². The van der Waals surface area contributed by atoms with E-state index in [4.69, 9.17) is 14.2 Å². The molecular weight excluding hydrogens is 416 g/mol. The Kier molecular flexibility index (Phi) is 8.35. The molecule has 1 fully saturated rings. The zero-order valence-corrected chi connectivity index (χ0v) is 18.6. The van der Waals surface area contributed by atoms with Gasteiger partial charge in [0.25, 0.3) is 17.7 Å². The zero-order chi connectivity index (χ0) is 23.1. The number of benzene rings is 1. The van der Waals surface area contributed by atoms with E-state index in [9.17, 15) is 19.2 Å². The standard InChI is InChI=1S/C23H30N2O7/c1-30-12-10-24(11-13-31-2)20(26)15-32-23(29)16-8-9-18-19(14-16)22(28)25(21(18)27)17-6-4-3-5-7-17/h8-9,14,17H,3-7,10-13,15H2,1-2H3. The van der Waals surface area contributed by atoms with Crippen LogP contribution in [0, 0.1) is 0 Å². The van der Waals surface area contributed by atoms with Gasteiger partial charge in [-0.1, -0.05) is 19.3 Å². The fourth-order valence-electron chi connectivity index (χ4n) is 4.12. The minimum absolute atomic E-state index is 0.0886. The number of hydrogen-bond acceptors (Lipinski definition) is 7. The number of imide groups is 1. The van der Waals surface area contributed by atoms with Crippen molar-refractivity contribution in [2.75, 3.05) is 47.1 Å². The number of esters is 1. The van der Waals surface area contributed by atoms with Crippen LogP contribution < -0.4 is 0 Å². The Morgan fingerprint density at radius 2 is 1.59 bits per heavy atom. The van der Waals surface area contributed by atoms with Gasteiger partial charge in [-0.3, -0.25) is 19.3 Å². The van der Waals surface area contributed by atoms with Gasteiger partial charge in [0.15, 0.2) is 6.61 Å². The molecule has 9 heteroatoms. The van der Waals surface area contributed by atoms with Gasteiger partial charge in [-0.05, 0) is 31.0 Å². The molecule has 3 rings (SSSR count). The van der Waals surface area contributed by atoms with Crippen molar-refractivity contribution < 1.29 is 33.4 Å². The molecule has 1 aliphatic heterocycles. The van der Waals surface area contributed by atoms with E-state index < -0.39 is 12.6 Å². The summed E-state index contributed by atoms with van der Waals surface area (Å²) in [5.74, 6) is -1.77. The fourth-order valence-corrected chi connectivity index (χ4v) is 4.12. The molecule has 0 atom stereocenters. The van der Waals surface area contributed by atoms with E-state index >= 15 is 0 Å². The number of ether oxygens (including phenoxy) is 3. The van der Waals surface area contributed by atoms with Crippen LogP contribution in [0.25, 0.3) is 0 Å². The predicted molar refractivity (Wildman–Crippen MR) is 114 cm³/mol. The van der Waals surface area contributed by atoms with Gasteiger partial charge < -0.3 is 19.1 Å². The van der Waals surface area contributed by atoms with Crippen LogP contribution in [0.15, 0.2) is 18.2 Å². The van der Waals surface area contributed by atoms with Crippen molar-refractivity contribution in [2.45, 2.75) is 38.1 Å². The molecule has 1 aromatic rings. The molecule has 32 heavy (non-hydrogen) atoms. The Labute approximate surface area is 187 Å². The third-order valence-corrected chi connectivity index (χ3v) is 5.90. The molecule has 1 saturated carbocycles. The molecule has 0 aromatic heterocycles. The number of fused-ring (bicyclic) bond motifs is 1. The second kappa shape index (κ2) is 11.2. The summed E-state index contributed by atoms with van der Waals surface area (Å²) < 4.78 is 15.2. The van der Waals surface area contributed by atoms with Crippen LogP contribution >= 0.6 is 0 Å². The van der Waals surface area contributed by atoms with Crippen molar-refractivity contribution in [1.82, 2.24) is 9.80 Å². The minimum atomic E-state index is -0.726. The number of methoxy groups -OCH3 is 2. The van der Waals surface area contributed by atoms with E-state index in [0.29, 0.717) is 31.9 Å². The lowest BCUT2D eigenvalue weighted by molar-refractivity contribution is -0.135. The molecule has 1 aromatic carbocycles. The van der Waals surface area contributed by atoms with E-state index in [0.717, 1.165) is 32.1 Å². The first-order chi connectivity index (χ1) is 15.5. The maximum absolute atomic E-state index is 12.9. The van der Waals surface area contributed by atoms with Crippen molar-refractivity contribution in [3.05, 3.63) is 34.9 Å². The highest BCUT2D eigenvalue weighted by Crippen LogP contribution is 2.31. The SMILES string of the molecule is COCCN(CCOC)C(=O)COC(=O)c1ccc2c(c1)C(=O)N(C1CCCCC1)C2=O. The third kappa shape index (κ3) is 5.34. The monoisotopic (exact) mass is 446 g/mol. The summed E-state index contributed by atoms with van der Waals surface area (Å²) in [6.45, 7) is 0.958. The topological polar surface area (TPSA) is 102 Å². The average molecular weight is 447 g/mol. The van der Waals surface area contributed by atoms with Gasteiger partial charge in [-0.2, -0.15) is 0 Å². The van der Waals surface area contributed by atoms with E-state index in [1.165, 1.54) is 42.2 Å². The number of nitrogens with zero attached hydrogens (tertiary/aromatic N) is 2. The first-order valence-electron chi connectivity index (χ1n) is 10.9. The van der Waals surface area contributed by atoms with E-state index in [2.05, 4.69) is 0 Å². The Hall–Kier alpha value is -2.78. The number of amides is 3. The molecule has 2 aliphatic rings. The Balaban J connectivity index is 1.64. The predicted octanol–water partition coefficient (Wildman–Crippen LogP) is 1.89. The first kappa shape index (κ1) is 23.9. The molecule has 0 N–H and O–H groups in total. The summed E-state index contributed by atoms with van der Waals surface area (Å²) in [6.07, 6.45) is 4.73. The average Bonchev–Trinajstić information content (AvgIpc) is 3.07. The Morgan fingerprint density at radius 3 is 2.22 bits per heavy atom. The maximum Gasteiger partial charge on any atom is 0.338 e. The van der Waals surface area contributed by atoms with Crippen molar-refractivity contribution in [1.29, 1.82) is 0 Å². The number of carbonyl (C=O) groups is 4. The quantitative estimate of drug-likeness (QED) is 0.399. The van der Waals surface area contributed by atoms with Gasteiger partial charge in [-0.25, -0.2) is 4.79 Å². The molecule has 9 nitrogen and oxygen atoms in total. The molecule has 0 radical (unpaired) electrons. The Bertz CT molecular complexity index is 856. The summed E-state index contributed by atoms with van der Waals surface area (Å²) >= 11 is 0. The fraction of sp³-hybridized carbons (Fsp3) is 0.565. The van der Waals surface area contributed by atoms with Crippen molar-refractivity contribution >= 4 is 23.7 Å². The van der Waals surface area contributed by atoms with Crippen molar-refractivity contribution in [3.8, 4) is 0 Å². The summed E-state index contributed by atoms with van der Waals surface area (Å²) in [7, 11) is 3.07. The summed E-state index contributed by atoms with van der Waals surface area (Å²) in [4.78, 5) is 53.4. The molecule has 0 unspecified atom stereocenters. The maximum atomic E-state index is 12.9. The molecule has 0 saturated heterocycles. The van der Waals surface area contributed by atoms with Crippen LogP contribution in [0.1, 0.15) is 63.2 Å². The smallest absolute Gasteiger partial charge is 0.338 e. The van der Waals surface area contributed by atoms with Crippen LogP contribution in [0.2, 0.25) is 0 Å². The lowest BCUT2D eigenvalue weighted by Crippen LogP contribution is -2.40. The number of rotatable bonds is 10. The number of hydrogen-bond donors (Lipinski definition) is 0. The van der Waals surface area contributed by atoms with Gasteiger partial charge in [0, 0.05) is 33.4 Å².